The first-order valence-electron chi connectivity index (χ1n) is 3.47. The molecule has 0 saturated carbocycles. The summed E-state index contributed by atoms with van der Waals surface area (Å²) in [5.41, 5.74) is 1.34. The van der Waals surface area contributed by atoms with E-state index in [2.05, 4.69) is 18.8 Å². The molecule has 53 valence electrons. The third-order valence-corrected chi connectivity index (χ3v) is 1.31. The minimum absolute atomic E-state index is 1.07. The summed E-state index contributed by atoms with van der Waals surface area (Å²) >= 11 is 0. The van der Waals surface area contributed by atoms with Crippen molar-refractivity contribution in [2.24, 2.45) is 0 Å². The smallest absolute Gasteiger partial charge is 0.0270 e. The van der Waals surface area contributed by atoms with Crippen molar-refractivity contribution in [2.75, 3.05) is 0 Å². The van der Waals surface area contributed by atoms with Crippen molar-refractivity contribution in [1.82, 2.24) is 4.98 Å². The SMILES string of the molecule is C[C](C)Cc1ccncc1. The zero-order chi connectivity index (χ0) is 7.40. The summed E-state index contributed by atoms with van der Waals surface area (Å²) in [6.45, 7) is 4.28. The topological polar surface area (TPSA) is 12.9 Å². The van der Waals surface area contributed by atoms with Crippen LogP contribution in [0.3, 0.4) is 0 Å². The molecular formula is C9H12N. The Kier molecular flexibility index (Phi) is 2.43. The quantitative estimate of drug-likeness (QED) is 0.604. The van der Waals surface area contributed by atoms with Gasteiger partial charge in [0.1, 0.15) is 0 Å². The molecule has 1 rings (SSSR count). The maximum Gasteiger partial charge on any atom is 0.0270 e. The molecule has 1 heterocycles. The van der Waals surface area contributed by atoms with Crippen molar-refractivity contribution in [3.8, 4) is 0 Å². The number of nitrogens with zero attached hydrogens (tertiary/aromatic N) is 1. The van der Waals surface area contributed by atoms with Gasteiger partial charge in [0.15, 0.2) is 0 Å². The van der Waals surface area contributed by atoms with Crippen LogP contribution in [0, 0.1) is 5.92 Å². The molecule has 0 atom stereocenters. The average Bonchev–Trinajstić information content (AvgIpc) is 1.88. The zero-order valence-corrected chi connectivity index (χ0v) is 6.46. The maximum atomic E-state index is 3.94. The van der Waals surface area contributed by atoms with E-state index >= 15 is 0 Å². The second-order valence-electron chi connectivity index (χ2n) is 2.74. The minimum Gasteiger partial charge on any atom is -0.265 e. The summed E-state index contributed by atoms with van der Waals surface area (Å²) < 4.78 is 0. The summed E-state index contributed by atoms with van der Waals surface area (Å²) in [7, 11) is 0. The lowest BCUT2D eigenvalue weighted by Crippen LogP contribution is -1.90. The van der Waals surface area contributed by atoms with Crippen molar-refractivity contribution in [3.63, 3.8) is 0 Å². The predicted octanol–water partition coefficient (Wildman–Crippen LogP) is 2.24. The molecule has 0 bridgehead atoms. The van der Waals surface area contributed by atoms with Gasteiger partial charge in [0.05, 0.1) is 0 Å². The monoisotopic (exact) mass is 134 g/mol. The highest BCUT2D eigenvalue weighted by Gasteiger charge is 1.95. The number of hydrogen-bond donors (Lipinski definition) is 0. The van der Waals surface area contributed by atoms with E-state index in [0.717, 1.165) is 6.42 Å². The van der Waals surface area contributed by atoms with Crippen molar-refractivity contribution < 1.29 is 0 Å². The molecule has 1 nitrogen and oxygen atoms in total. The van der Waals surface area contributed by atoms with Crippen LogP contribution < -0.4 is 0 Å². The Hall–Kier alpha value is -0.850. The Labute approximate surface area is 62.1 Å². The van der Waals surface area contributed by atoms with Crippen LogP contribution in [0.15, 0.2) is 24.5 Å². The lowest BCUT2D eigenvalue weighted by atomic mass is 10.0. The van der Waals surface area contributed by atoms with E-state index in [9.17, 15) is 0 Å². The van der Waals surface area contributed by atoms with Crippen molar-refractivity contribution in [3.05, 3.63) is 36.0 Å². The molecule has 10 heavy (non-hydrogen) atoms. The van der Waals surface area contributed by atoms with Gasteiger partial charge in [0.2, 0.25) is 0 Å². The van der Waals surface area contributed by atoms with Crippen LogP contribution in [0.1, 0.15) is 19.4 Å². The summed E-state index contributed by atoms with van der Waals surface area (Å²) in [5.74, 6) is 1.44. The third-order valence-electron chi connectivity index (χ3n) is 1.31. The molecule has 0 N–H and O–H groups in total. The molecular weight excluding hydrogens is 122 g/mol. The van der Waals surface area contributed by atoms with Gasteiger partial charge in [-0.05, 0) is 30.0 Å². The Balaban J connectivity index is 2.59. The molecule has 0 spiro atoms. The van der Waals surface area contributed by atoms with E-state index in [-0.39, 0.29) is 0 Å². The molecule has 0 fully saturated rings. The third kappa shape index (κ3) is 2.18. The Morgan fingerprint density at radius 1 is 1.30 bits per heavy atom. The zero-order valence-electron chi connectivity index (χ0n) is 6.46. The Morgan fingerprint density at radius 2 is 1.90 bits per heavy atom. The van der Waals surface area contributed by atoms with E-state index in [1.54, 1.807) is 0 Å². The van der Waals surface area contributed by atoms with Gasteiger partial charge in [-0.3, -0.25) is 4.98 Å². The molecule has 1 heteroatoms. The number of pyridine rings is 1. The van der Waals surface area contributed by atoms with Crippen molar-refractivity contribution in [2.45, 2.75) is 20.3 Å². The predicted molar refractivity (Wildman–Crippen MR) is 42.5 cm³/mol. The van der Waals surface area contributed by atoms with Gasteiger partial charge in [-0.1, -0.05) is 13.8 Å². The number of hydrogen-bond acceptors (Lipinski definition) is 1. The summed E-state index contributed by atoms with van der Waals surface area (Å²) in [6, 6.07) is 4.10. The lowest BCUT2D eigenvalue weighted by molar-refractivity contribution is 0.953. The van der Waals surface area contributed by atoms with E-state index < -0.39 is 0 Å². The van der Waals surface area contributed by atoms with Gasteiger partial charge in [0, 0.05) is 12.4 Å². The fourth-order valence-corrected chi connectivity index (χ4v) is 0.909. The van der Waals surface area contributed by atoms with Crippen molar-refractivity contribution in [1.29, 1.82) is 0 Å². The van der Waals surface area contributed by atoms with E-state index in [1.165, 1.54) is 11.5 Å². The highest BCUT2D eigenvalue weighted by Crippen LogP contribution is 2.06. The van der Waals surface area contributed by atoms with E-state index in [4.69, 9.17) is 0 Å². The van der Waals surface area contributed by atoms with Crippen LogP contribution >= 0.6 is 0 Å². The minimum atomic E-state index is 1.07. The standard InChI is InChI=1S/C9H12N/c1-8(2)7-9-3-5-10-6-4-9/h3-6H,7H2,1-2H3. The van der Waals surface area contributed by atoms with Gasteiger partial charge in [-0.25, -0.2) is 0 Å². The molecule has 1 radical (unpaired) electrons. The van der Waals surface area contributed by atoms with Crippen molar-refractivity contribution >= 4 is 0 Å². The molecule has 0 aromatic carbocycles. The van der Waals surface area contributed by atoms with Gasteiger partial charge < -0.3 is 0 Å². The van der Waals surface area contributed by atoms with Crippen LogP contribution in [0.4, 0.5) is 0 Å². The average molecular weight is 134 g/mol. The fourth-order valence-electron chi connectivity index (χ4n) is 0.909. The largest absolute Gasteiger partial charge is 0.265 e. The number of rotatable bonds is 2. The second-order valence-corrected chi connectivity index (χ2v) is 2.74. The van der Waals surface area contributed by atoms with Crippen LogP contribution in [0.5, 0.6) is 0 Å². The molecule has 0 aliphatic rings. The van der Waals surface area contributed by atoms with Gasteiger partial charge >= 0.3 is 0 Å². The number of aromatic nitrogens is 1. The highest BCUT2D eigenvalue weighted by molar-refractivity contribution is 5.13. The second kappa shape index (κ2) is 3.35. The van der Waals surface area contributed by atoms with E-state index in [1.807, 2.05) is 24.5 Å². The molecule has 0 aliphatic carbocycles. The van der Waals surface area contributed by atoms with Crippen LogP contribution in [-0.4, -0.2) is 4.98 Å². The fraction of sp³-hybridized carbons (Fsp3) is 0.333. The first-order valence-corrected chi connectivity index (χ1v) is 3.47. The van der Waals surface area contributed by atoms with Gasteiger partial charge in [0.25, 0.3) is 0 Å². The summed E-state index contributed by atoms with van der Waals surface area (Å²) in [6.07, 6.45) is 4.74. The lowest BCUT2D eigenvalue weighted by Gasteiger charge is -2.01. The molecule has 0 unspecified atom stereocenters. The maximum absolute atomic E-state index is 3.94. The Morgan fingerprint density at radius 3 is 2.40 bits per heavy atom. The first kappa shape index (κ1) is 7.26. The molecule has 0 aliphatic heterocycles. The van der Waals surface area contributed by atoms with E-state index in [0.29, 0.717) is 0 Å². The molecule has 1 aromatic heterocycles. The van der Waals surface area contributed by atoms with Crippen LogP contribution in [0.25, 0.3) is 0 Å². The normalized spacial score (nSPS) is 10.3. The Bertz CT molecular complexity index is 179. The molecule has 1 aromatic rings. The first-order chi connectivity index (χ1) is 4.79. The molecule has 0 saturated heterocycles. The van der Waals surface area contributed by atoms with Gasteiger partial charge in [-0.2, -0.15) is 0 Å². The molecule has 0 amide bonds. The van der Waals surface area contributed by atoms with Crippen LogP contribution in [0.2, 0.25) is 0 Å². The highest BCUT2D eigenvalue weighted by atomic mass is 14.6. The summed E-state index contributed by atoms with van der Waals surface area (Å²) in [5, 5.41) is 0. The summed E-state index contributed by atoms with van der Waals surface area (Å²) in [4.78, 5) is 3.94. The van der Waals surface area contributed by atoms with Crippen LogP contribution in [-0.2, 0) is 6.42 Å². The van der Waals surface area contributed by atoms with Gasteiger partial charge in [-0.15, -0.1) is 0 Å².